The van der Waals surface area contributed by atoms with Crippen LogP contribution in [-0.4, -0.2) is 76.5 Å². The van der Waals surface area contributed by atoms with E-state index in [1.807, 2.05) is 0 Å². The molecule has 0 spiro atoms. The maximum atomic E-state index is 12.6. The van der Waals surface area contributed by atoms with Crippen LogP contribution in [0.4, 0.5) is 4.79 Å². The number of hydrogen-bond donors (Lipinski definition) is 3. The molecule has 11 heteroatoms. The van der Waals surface area contributed by atoms with E-state index in [0.717, 1.165) is 6.26 Å². The number of carbonyl (C=O) groups is 2. The van der Waals surface area contributed by atoms with Crippen molar-refractivity contribution in [3.63, 3.8) is 0 Å². The summed E-state index contributed by atoms with van der Waals surface area (Å²) in [5.41, 5.74) is 1.48. The van der Waals surface area contributed by atoms with Gasteiger partial charge in [0.05, 0.1) is 19.8 Å². The van der Waals surface area contributed by atoms with Crippen molar-refractivity contribution in [3.8, 4) is 23.7 Å². The van der Waals surface area contributed by atoms with Crippen LogP contribution in [-0.2, 0) is 25.9 Å². The fourth-order valence-corrected chi connectivity index (χ4v) is 3.86. The minimum Gasteiger partial charge on any atom is -0.373 e. The van der Waals surface area contributed by atoms with Crippen LogP contribution in [0.3, 0.4) is 0 Å². The average Bonchev–Trinajstić information content (AvgIpc) is 3.19. The van der Waals surface area contributed by atoms with Gasteiger partial charge in [-0.25, -0.2) is 18.7 Å². The lowest BCUT2D eigenvalue weighted by Crippen LogP contribution is -2.50. The zero-order valence-corrected chi connectivity index (χ0v) is 17.2. The van der Waals surface area contributed by atoms with E-state index in [1.165, 1.54) is 21.9 Å². The molecule has 160 valence electrons. The predicted molar refractivity (Wildman–Crippen MR) is 104 cm³/mol. The van der Waals surface area contributed by atoms with Gasteiger partial charge >= 0.3 is 6.03 Å². The first-order chi connectivity index (χ1) is 14.0. The molecule has 1 saturated heterocycles. The highest BCUT2D eigenvalue weighted by atomic mass is 32.2. The molecule has 3 heterocycles. The average molecular weight is 435 g/mol. The third kappa shape index (κ3) is 4.06. The highest BCUT2D eigenvalue weighted by Crippen LogP contribution is 2.25. The van der Waals surface area contributed by atoms with Crippen molar-refractivity contribution in [2.24, 2.45) is 0 Å². The summed E-state index contributed by atoms with van der Waals surface area (Å²) in [6.45, 7) is 1.75. The number of hydroxylamine groups is 1. The van der Waals surface area contributed by atoms with Crippen LogP contribution < -0.4 is 5.48 Å². The zero-order chi connectivity index (χ0) is 22.2. The van der Waals surface area contributed by atoms with E-state index in [4.69, 9.17) is 9.94 Å². The Bertz CT molecular complexity index is 1110. The number of amides is 2. The first-order valence-electron chi connectivity index (χ1n) is 8.97. The van der Waals surface area contributed by atoms with Crippen molar-refractivity contribution in [2.75, 3.05) is 26.0 Å². The molecular formula is C19H21N3O7S. The third-order valence-electron chi connectivity index (χ3n) is 5.23. The molecule has 1 fully saturated rings. The molecule has 1 aromatic rings. The van der Waals surface area contributed by atoms with E-state index in [2.05, 4.69) is 23.7 Å². The molecule has 0 radical (unpaired) electrons. The Hall–Kier alpha value is -2.83. The van der Waals surface area contributed by atoms with Crippen LogP contribution in [0.25, 0.3) is 0 Å². The molecule has 30 heavy (non-hydrogen) atoms. The molecule has 3 N–H and O–H groups in total. The maximum Gasteiger partial charge on any atom is 0.328 e. The highest BCUT2D eigenvalue weighted by Gasteiger charge is 2.44. The number of nitrogens with one attached hydrogen (secondary N) is 1. The van der Waals surface area contributed by atoms with E-state index in [-0.39, 0.29) is 38.8 Å². The van der Waals surface area contributed by atoms with Gasteiger partial charge in [0, 0.05) is 30.3 Å². The number of carbonyl (C=O) groups excluding carboxylic acids is 2. The molecule has 0 aliphatic carbocycles. The molecule has 2 aliphatic heterocycles. The van der Waals surface area contributed by atoms with Crippen molar-refractivity contribution in [2.45, 2.75) is 30.2 Å². The summed E-state index contributed by atoms with van der Waals surface area (Å²) in [4.78, 5) is 25.9. The number of hydrogen-bond acceptors (Lipinski definition) is 7. The molecule has 0 unspecified atom stereocenters. The second kappa shape index (κ2) is 7.78. The van der Waals surface area contributed by atoms with Gasteiger partial charge in [-0.05, 0) is 37.2 Å². The van der Waals surface area contributed by atoms with Crippen molar-refractivity contribution in [1.29, 1.82) is 0 Å². The van der Waals surface area contributed by atoms with E-state index >= 15 is 0 Å². The highest BCUT2D eigenvalue weighted by molar-refractivity contribution is 7.92. The summed E-state index contributed by atoms with van der Waals surface area (Å²) in [5, 5.41) is 18.7. The SMILES string of the molecule is C[C@@](CCN1Cc2cc(C#CC#CC3(O)COC3)cn2C1=O)(C(=O)NO)S(C)(=O)=O. The first-order valence-corrected chi connectivity index (χ1v) is 10.9. The van der Waals surface area contributed by atoms with Crippen LogP contribution in [0, 0.1) is 23.7 Å². The molecule has 10 nitrogen and oxygen atoms in total. The minimum atomic E-state index is -3.84. The molecule has 1 atom stereocenters. The van der Waals surface area contributed by atoms with Crippen LogP contribution in [0.2, 0.25) is 0 Å². The van der Waals surface area contributed by atoms with Crippen LogP contribution >= 0.6 is 0 Å². The molecule has 2 aliphatic rings. The van der Waals surface area contributed by atoms with Crippen molar-refractivity contribution >= 4 is 21.8 Å². The standard InChI is InChI=1S/C19H21N3O7S/c1-18(16(23)20-26,30(2,27)28)7-8-21-11-15-9-14(10-22(15)17(21)24)5-3-4-6-19(25)12-29-13-19/h9-10,25-26H,7-8,11-13H2,1-2H3,(H,20,23)/t18-/m1/s1. The van der Waals surface area contributed by atoms with Gasteiger partial charge in [0.1, 0.15) is 0 Å². The summed E-state index contributed by atoms with van der Waals surface area (Å²) >= 11 is 0. The molecule has 0 saturated carbocycles. The van der Waals surface area contributed by atoms with Gasteiger partial charge < -0.3 is 14.7 Å². The number of fused-ring (bicyclic) bond motifs is 1. The Balaban J connectivity index is 1.66. The van der Waals surface area contributed by atoms with Gasteiger partial charge in [0.15, 0.2) is 20.2 Å². The number of nitrogens with zero attached hydrogens (tertiary/aromatic N) is 2. The Morgan fingerprint density at radius 1 is 1.40 bits per heavy atom. The number of ether oxygens (including phenoxy) is 1. The number of sulfone groups is 1. The van der Waals surface area contributed by atoms with E-state index in [9.17, 15) is 23.1 Å². The monoisotopic (exact) mass is 435 g/mol. The van der Waals surface area contributed by atoms with Gasteiger partial charge in [0.25, 0.3) is 5.91 Å². The summed E-state index contributed by atoms with van der Waals surface area (Å²) in [6.07, 6.45) is 2.27. The van der Waals surface area contributed by atoms with Gasteiger partial charge in [-0.3, -0.25) is 14.6 Å². The van der Waals surface area contributed by atoms with Crippen molar-refractivity contribution in [1.82, 2.24) is 14.9 Å². The Kier molecular flexibility index (Phi) is 5.67. The number of aliphatic hydroxyl groups is 1. The first kappa shape index (κ1) is 21.9. The van der Waals surface area contributed by atoms with Crippen molar-refractivity contribution in [3.05, 3.63) is 23.5 Å². The lowest BCUT2D eigenvalue weighted by atomic mass is 10.0. The smallest absolute Gasteiger partial charge is 0.328 e. The molecule has 3 rings (SSSR count). The quantitative estimate of drug-likeness (QED) is 0.309. The van der Waals surface area contributed by atoms with Gasteiger partial charge in [-0.15, -0.1) is 0 Å². The van der Waals surface area contributed by atoms with E-state index < -0.39 is 26.1 Å². The number of aromatic nitrogens is 1. The minimum absolute atomic E-state index is 0.00461. The topological polar surface area (TPSA) is 138 Å². The normalized spacial score (nSPS) is 18.8. The molecule has 2 amide bonds. The second-order valence-corrected chi connectivity index (χ2v) is 9.96. The summed E-state index contributed by atoms with van der Waals surface area (Å²) in [6, 6.07) is 1.34. The Labute approximate surface area is 173 Å². The molecular weight excluding hydrogens is 414 g/mol. The van der Waals surface area contributed by atoms with Crippen LogP contribution in [0.15, 0.2) is 12.3 Å². The maximum absolute atomic E-state index is 12.6. The second-order valence-electron chi connectivity index (χ2n) is 7.51. The lowest BCUT2D eigenvalue weighted by molar-refractivity contribution is -0.140. The van der Waals surface area contributed by atoms with Crippen LogP contribution in [0.5, 0.6) is 0 Å². The fourth-order valence-electron chi connectivity index (χ4n) is 3.02. The molecule has 1 aromatic heterocycles. The van der Waals surface area contributed by atoms with Gasteiger partial charge in [-0.2, -0.15) is 0 Å². The van der Waals surface area contributed by atoms with Gasteiger partial charge in [0.2, 0.25) is 0 Å². The summed E-state index contributed by atoms with van der Waals surface area (Å²) in [7, 11) is -3.84. The van der Waals surface area contributed by atoms with E-state index in [1.54, 1.807) is 12.3 Å². The fraction of sp³-hybridized carbons (Fsp3) is 0.474. The third-order valence-corrected chi connectivity index (χ3v) is 7.26. The predicted octanol–water partition coefficient (Wildman–Crippen LogP) is -0.913. The summed E-state index contributed by atoms with van der Waals surface area (Å²) in [5.74, 6) is 9.56. The zero-order valence-electron chi connectivity index (χ0n) is 16.4. The largest absolute Gasteiger partial charge is 0.373 e. The Morgan fingerprint density at radius 2 is 2.10 bits per heavy atom. The van der Waals surface area contributed by atoms with Crippen molar-refractivity contribution < 1.29 is 33.1 Å². The lowest BCUT2D eigenvalue weighted by Gasteiger charge is -2.30. The van der Waals surface area contributed by atoms with E-state index in [0.29, 0.717) is 11.3 Å². The van der Waals surface area contributed by atoms with Gasteiger partial charge in [-0.1, -0.05) is 5.92 Å². The van der Waals surface area contributed by atoms with Crippen LogP contribution in [0.1, 0.15) is 24.6 Å². The molecule has 0 bridgehead atoms. The Morgan fingerprint density at radius 3 is 2.63 bits per heavy atom. The summed E-state index contributed by atoms with van der Waals surface area (Å²) < 4.78 is 28.5. The molecule has 0 aromatic carbocycles. The number of rotatable bonds is 5.